The fourth-order valence-electron chi connectivity index (χ4n) is 4.31. The van der Waals surface area contributed by atoms with Crippen molar-refractivity contribution in [3.8, 4) is 11.1 Å². The number of pyridine rings is 2. The first-order chi connectivity index (χ1) is 20.2. The molecule has 11 heteroatoms. The number of benzene rings is 2. The van der Waals surface area contributed by atoms with Crippen molar-refractivity contribution in [3.63, 3.8) is 0 Å². The highest BCUT2D eigenvalue weighted by molar-refractivity contribution is 9.10. The third kappa shape index (κ3) is 6.58. The maximum absolute atomic E-state index is 14.9. The second kappa shape index (κ2) is 13.3. The van der Waals surface area contributed by atoms with Gasteiger partial charge in [0.05, 0.1) is 11.2 Å². The minimum absolute atomic E-state index is 0.0938. The first kappa shape index (κ1) is 30.2. The molecule has 3 N–H and O–H groups in total. The van der Waals surface area contributed by atoms with Gasteiger partial charge in [0.1, 0.15) is 11.6 Å². The number of urea groups is 2. The van der Waals surface area contributed by atoms with Crippen LogP contribution in [0.3, 0.4) is 0 Å². The van der Waals surface area contributed by atoms with E-state index in [-0.39, 0.29) is 22.8 Å². The summed E-state index contributed by atoms with van der Waals surface area (Å²) in [6.07, 6.45) is 6.95. The lowest BCUT2D eigenvalue weighted by Crippen LogP contribution is -2.37. The molecule has 0 atom stereocenters. The van der Waals surface area contributed by atoms with Crippen LogP contribution in [-0.2, 0) is 6.54 Å². The van der Waals surface area contributed by atoms with Crippen LogP contribution in [0.2, 0.25) is 0 Å². The lowest BCUT2D eigenvalue weighted by molar-refractivity contribution is 0.250. The monoisotopic (exact) mass is 632 g/mol. The Labute approximate surface area is 250 Å². The van der Waals surface area contributed by atoms with Crippen molar-refractivity contribution in [3.05, 3.63) is 105 Å². The highest BCUT2D eigenvalue weighted by Gasteiger charge is 2.19. The van der Waals surface area contributed by atoms with Crippen molar-refractivity contribution in [2.75, 3.05) is 22.6 Å². The largest absolute Gasteiger partial charge is 0.327 e. The molecule has 0 bridgehead atoms. The first-order valence-corrected chi connectivity index (χ1v) is 14.0. The summed E-state index contributed by atoms with van der Waals surface area (Å²) in [4.78, 5) is 44.9. The van der Waals surface area contributed by atoms with Gasteiger partial charge in [-0.3, -0.25) is 9.69 Å². The number of aryl methyl sites for hydroxylation is 1. The van der Waals surface area contributed by atoms with Gasteiger partial charge in [-0.05, 0) is 57.2 Å². The van der Waals surface area contributed by atoms with E-state index in [9.17, 15) is 18.8 Å². The number of carbonyl (C=O) groups is 2. The molecule has 0 aliphatic rings. The van der Waals surface area contributed by atoms with Gasteiger partial charge in [-0.25, -0.2) is 19.0 Å². The molecule has 42 heavy (non-hydrogen) atoms. The van der Waals surface area contributed by atoms with Crippen molar-refractivity contribution in [1.82, 2.24) is 14.9 Å². The van der Waals surface area contributed by atoms with Crippen molar-refractivity contribution < 1.29 is 14.0 Å². The van der Waals surface area contributed by atoms with Crippen molar-refractivity contribution in [1.29, 1.82) is 0 Å². The van der Waals surface area contributed by atoms with Gasteiger partial charge >= 0.3 is 12.1 Å². The van der Waals surface area contributed by atoms with Crippen LogP contribution in [0.25, 0.3) is 22.0 Å². The Morgan fingerprint density at radius 3 is 2.48 bits per heavy atom. The van der Waals surface area contributed by atoms with E-state index in [1.165, 1.54) is 17.0 Å². The number of hydrogen-bond donors (Lipinski definition) is 3. The molecule has 2 aromatic carbocycles. The SMILES string of the molecule is C/C=C\C(=C/C)NC(=O)N(C)c1cc2c(cn1)cc(-c1cc(NC(=O)Nc3ccccc3)c(F)cc1Br)c(=O)n2CC. The lowest BCUT2D eigenvalue weighted by Gasteiger charge is -2.19. The van der Waals surface area contributed by atoms with Gasteiger partial charge in [0.15, 0.2) is 0 Å². The number of fused-ring (bicyclic) bond motifs is 1. The Balaban J connectivity index is 1.70. The molecule has 0 saturated carbocycles. The Hall–Kier alpha value is -4.77. The zero-order valence-corrected chi connectivity index (χ0v) is 25.1. The van der Waals surface area contributed by atoms with Gasteiger partial charge in [-0.2, -0.15) is 0 Å². The minimum Gasteiger partial charge on any atom is -0.308 e. The van der Waals surface area contributed by atoms with Gasteiger partial charge in [0.25, 0.3) is 5.56 Å². The van der Waals surface area contributed by atoms with Crippen LogP contribution in [0.5, 0.6) is 0 Å². The molecular formula is C31H30BrFN6O3. The fraction of sp³-hybridized carbons (Fsp3) is 0.161. The molecule has 0 fully saturated rings. The lowest BCUT2D eigenvalue weighted by atomic mass is 10.0. The number of anilines is 3. The smallest absolute Gasteiger partial charge is 0.308 e. The van der Waals surface area contributed by atoms with E-state index in [2.05, 4.69) is 36.9 Å². The van der Waals surface area contributed by atoms with Gasteiger partial charge in [-0.1, -0.05) is 46.3 Å². The summed E-state index contributed by atoms with van der Waals surface area (Å²) in [6.45, 7) is 5.83. The number of allylic oxidation sites excluding steroid dienone is 3. The van der Waals surface area contributed by atoms with Crippen LogP contribution in [0, 0.1) is 5.82 Å². The number of nitrogens with zero attached hydrogens (tertiary/aromatic N) is 3. The molecule has 4 rings (SSSR count). The predicted molar refractivity (Wildman–Crippen MR) is 169 cm³/mol. The second-order valence-corrected chi connectivity index (χ2v) is 10.1. The molecule has 0 aliphatic carbocycles. The molecule has 0 aliphatic heterocycles. The van der Waals surface area contributed by atoms with E-state index in [4.69, 9.17) is 0 Å². The van der Waals surface area contributed by atoms with E-state index < -0.39 is 11.8 Å². The number of para-hydroxylation sites is 1. The second-order valence-electron chi connectivity index (χ2n) is 9.20. The zero-order chi connectivity index (χ0) is 30.4. The van der Waals surface area contributed by atoms with Gasteiger partial charge in [0, 0.05) is 58.2 Å². The molecule has 2 heterocycles. The number of halogens is 2. The topological polar surface area (TPSA) is 108 Å². The van der Waals surface area contributed by atoms with E-state index in [0.29, 0.717) is 44.7 Å². The van der Waals surface area contributed by atoms with E-state index in [0.717, 1.165) is 0 Å². The van der Waals surface area contributed by atoms with Gasteiger partial charge in [-0.15, -0.1) is 0 Å². The average Bonchev–Trinajstić information content (AvgIpc) is 2.98. The van der Waals surface area contributed by atoms with Gasteiger partial charge < -0.3 is 20.5 Å². The quantitative estimate of drug-likeness (QED) is 0.186. The Morgan fingerprint density at radius 1 is 1.07 bits per heavy atom. The highest BCUT2D eigenvalue weighted by atomic mass is 79.9. The number of carbonyl (C=O) groups excluding carboxylic acids is 2. The summed E-state index contributed by atoms with van der Waals surface area (Å²) >= 11 is 3.37. The summed E-state index contributed by atoms with van der Waals surface area (Å²) < 4.78 is 16.8. The standard InChI is InChI=1S/C31H30BrFN6O3/c1-5-11-20(6-2)36-31(42)38(4)28-17-27-19(18-34-28)14-23(29(40)39(27)7-3)22-15-26(25(33)16-24(22)32)37-30(41)35-21-12-9-8-10-13-21/h5-6,8-18H,7H2,1-4H3,(H,36,42)(H2,35,37,41)/b11-5-,20-6+. The van der Waals surface area contributed by atoms with Crippen molar-refractivity contribution in [2.24, 2.45) is 0 Å². The van der Waals surface area contributed by atoms with Gasteiger partial charge in [0.2, 0.25) is 0 Å². The zero-order valence-electron chi connectivity index (χ0n) is 23.5. The molecule has 9 nitrogen and oxygen atoms in total. The minimum atomic E-state index is -0.673. The molecule has 0 radical (unpaired) electrons. The maximum atomic E-state index is 14.9. The summed E-state index contributed by atoms with van der Waals surface area (Å²) in [5, 5.41) is 8.61. The van der Waals surface area contributed by atoms with Crippen LogP contribution in [0.4, 0.5) is 31.2 Å². The third-order valence-corrected chi connectivity index (χ3v) is 7.12. The number of aromatic nitrogens is 2. The van der Waals surface area contributed by atoms with Crippen LogP contribution in [0.15, 0.2) is 94.0 Å². The molecule has 4 aromatic rings. The Morgan fingerprint density at radius 2 is 1.81 bits per heavy atom. The molecule has 0 unspecified atom stereocenters. The van der Waals surface area contributed by atoms with Crippen molar-refractivity contribution in [2.45, 2.75) is 27.3 Å². The Kier molecular flexibility index (Phi) is 9.53. The maximum Gasteiger partial charge on any atom is 0.327 e. The van der Waals surface area contributed by atoms with E-state index >= 15 is 0 Å². The average molecular weight is 634 g/mol. The van der Waals surface area contributed by atoms with Crippen LogP contribution < -0.4 is 26.4 Å². The van der Waals surface area contributed by atoms with Crippen molar-refractivity contribution >= 4 is 56.1 Å². The fourth-order valence-corrected chi connectivity index (χ4v) is 4.84. The molecule has 216 valence electrons. The Bertz CT molecular complexity index is 1770. The third-order valence-electron chi connectivity index (χ3n) is 6.46. The number of hydrogen-bond acceptors (Lipinski definition) is 4. The van der Waals surface area contributed by atoms with E-state index in [1.807, 2.05) is 32.9 Å². The number of nitrogens with one attached hydrogen (secondary N) is 3. The summed E-state index contributed by atoms with van der Waals surface area (Å²) in [6, 6.07) is 13.7. The number of rotatable bonds is 7. The van der Waals surface area contributed by atoms with Crippen LogP contribution >= 0.6 is 15.9 Å². The molecule has 2 aromatic heterocycles. The summed E-state index contributed by atoms with van der Waals surface area (Å²) in [5.74, 6) is -0.322. The number of amides is 4. The normalized spacial score (nSPS) is 11.5. The van der Waals surface area contributed by atoms with E-state index in [1.54, 1.807) is 66.4 Å². The molecule has 0 spiro atoms. The summed E-state index contributed by atoms with van der Waals surface area (Å²) in [7, 11) is 1.59. The molecule has 0 saturated heterocycles. The summed E-state index contributed by atoms with van der Waals surface area (Å²) in [5.41, 5.74) is 2.02. The highest BCUT2D eigenvalue weighted by Crippen LogP contribution is 2.33. The predicted octanol–water partition coefficient (Wildman–Crippen LogP) is 7.25. The van der Waals surface area contributed by atoms with Crippen LogP contribution in [0.1, 0.15) is 20.8 Å². The van der Waals surface area contributed by atoms with Crippen LogP contribution in [-0.4, -0.2) is 28.7 Å². The molecular weight excluding hydrogens is 603 g/mol. The first-order valence-electron chi connectivity index (χ1n) is 13.2. The molecule has 4 amide bonds.